The summed E-state index contributed by atoms with van der Waals surface area (Å²) in [4.78, 5) is 2.66. The van der Waals surface area contributed by atoms with Crippen molar-refractivity contribution in [3.63, 3.8) is 0 Å². The zero-order chi connectivity index (χ0) is 14.7. The fourth-order valence-corrected chi connectivity index (χ4v) is 3.47. The Morgan fingerprint density at radius 3 is 2.75 bits per heavy atom. The minimum atomic E-state index is -0.231. The highest BCUT2D eigenvalue weighted by Crippen LogP contribution is 2.28. The standard InChI is InChI=1S/C16H23FN2S/c1-11-5-3-4-6-15(11)19(2)10-12-9-13(17)7-8-14(12)16(18)20/h7-9,11,15H,3-6,10H2,1-2H3,(H2,18,20). The summed E-state index contributed by atoms with van der Waals surface area (Å²) in [6, 6.07) is 5.22. The Morgan fingerprint density at radius 2 is 2.10 bits per heavy atom. The molecular formula is C16H23FN2S. The summed E-state index contributed by atoms with van der Waals surface area (Å²) in [5.74, 6) is 0.459. The first-order valence-corrected chi connectivity index (χ1v) is 7.68. The van der Waals surface area contributed by atoms with Crippen molar-refractivity contribution in [1.82, 2.24) is 4.90 Å². The number of benzene rings is 1. The maximum absolute atomic E-state index is 13.5. The van der Waals surface area contributed by atoms with E-state index in [1.165, 1.54) is 31.7 Å². The molecule has 1 saturated carbocycles. The lowest BCUT2D eigenvalue weighted by Crippen LogP contribution is -2.38. The van der Waals surface area contributed by atoms with E-state index in [0.717, 1.165) is 11.1 Å². The number of hydrogen-bond donors (Lipinski definition) is 1. The molecule has 0 spiro atoms. The summed E-state index contributed by atoms with van der Waals surface area (Å²) < 4.78 is 13.5. The van der Waals surface area contributed by atoms with Gasteiger partial charge in [0.15, 0.2) is 0 Å². The molecule has 0 aromatic heterocycles. The minimum absolute atomic E-state index is 0.231. The van der Waals surface area contributed by atoms with Crippen LogP contribution in [-0.4, -0.2) is 23.0 Å². The molecule has 2 unspecified atom stereocenters. The molecule has 4 heteroatoms. The lowest BCUT2D eigenvalue weighted by atomic mass is 9.85. The summed E-state index contributed by atoms with van der Waals surface area (Å²) in [5.41, 5.74) is 7.41. The normalized spacial score (nSPS) is 23.0. The molecule has 2 N–H and O–H groups in total. The summed E-state index contributed by atoms with van der Waals surface area (Å²) in [7, 11) is 2.11. The molecule has 2 atom stereocenters. The van der Waals surface area contributed by atoms with Crippen LogP contribution < -0.4 is 5.73 Å². The van der Waals surface area contributed by atoms with E-state index in [1.807, 2.05) is 0 Å². The molecule has 1 fully saturated rings. The predicted molar refractivity (Wildman–Crippen MR) is 85.2 cm³/mol. The molecule has 1 aromatic rings. The van der Waals surface area contributed by atoms with Gasteiger partial charge in [0.1, 0.15) is 10.8 Å². The van der Waals surface area contributed by atoms with Gasteiger partial charge in [0, 0.05) is 18.2 Å². The topological polar surface area (TPSA) is 29.3 Å². The second-order valence-corrected chi connectivity index (χ2v) is 6.35. The number of hydrogen-bond acceptors (Lipinski definition) is 2. The quantitative estimate of drug-likeness (QED) is 0.862. The van der Waals surface area contributed by atoms with Crippen LogP contribution in [0.3, 0.4) is 0 Å². The van der Waals surface area contributed by atoms with Crippen LogP contribution in [0.5, 0.6) is 0 Å². The number of thiocarbonyl (C=S) groups is 1. The molecule has 0 radical (unpaired) electrons. The summed E-state index contributed by atoms with van der Waals surface area (Å²) in [5, 5.41) is 0. The minimum Gasteiger partial charge on any atom is -0.389 e. The Labute approximate surface area is 126 Å². The second kappa shape index (κ2) is 6.64. The van der Waals surface area contributed by atoms with Gasteiger partial charge in [-0.25, -0.2) is 4.39 Å². The number of nitrogens with two attached hydrogens (primary N) is 1. The van der Waals surface area contributed by atoms with Crippen LogP contribution in [0.4, 0.5) is 4.39 Å². The first kappa shape index (κ1) is 15.4. The molecule has 20 heavy (non-hydrogen) atoms. The SMILES string of the molecule is CC1CCCCC1N(C)Cc1cc(F)ccc1C(N)=S. The van der Waals surface area contributed by atoms with Crippen molar-refractivity contribution >= 4 is 17.2 Å². The van der Waals surface area contributed by atoms with Gasteiger partial charge in [-0.1, -0.05) is 32.0 Å². The molecule has 1 aromatic carbocycles. The Hall–Kier alpha value is -1.00. The molecule has 0 bridgehead atoms. The van der Waals surface area contributed by atoms with Crippen molar-refractivity contribution in [1.29, 1.82) is 0 Å². The summed E-state index contributed by atoms with van der Waals surface area (Å²) >= 11 is 5.06. The van der Waals surface area contributed by atoms with E-state index >= 15 is 0 Å². The highest BCUT2D eigenvalue weighted by Gasteiger charge is 2.25. The predicted octanol–water partition coefficient (Wildman–Crippen LogP) is 3.47. The van der Waals surface area contributed by atoms with Crippen LogP contribution in [0.2, 0.25) is 0 Å². The molecule has 2 rings (SSSR count). The van der Waals surface area contributed by atoms with E-state index in [1.54, 1.807) is 12.1 Å². The lowest BCUT2D eigenvalue weighted by Gasteiger charge is -2.36. The van der Waals surface area contributed by atoms with Gasteiger partial charge in [-0.05, 0) is 49.6 Å². The van der Waals surface area contributed by atoms with Crippen LogP contribution in [-0.2, 0) is 6.54 Å². The van der Waals surface area contributed by atoms with Gasteiger partial charge >= 0.3 is 0 Å². The summed E-state index contributed by atoms with van der Waals surface area (Å²) in [6.45, 7) is 3.00. The lowest BCUT2D eigenvalue weighted by molar-refractivity contribution is 0.133. The van der Waals surface area contributed by atoms with Crippen LogP contribution >= 0.6 is 12.2 Å². The Bertz CT molecular complexity index is 489. The van der Waals surface area contributed by atoms with E-state index in [-0.39, 0.29) is 5.82 Å². The van der Waals surface area contributed by atoms with E-state index in [2.05, 4.69) is 18.9 Å². The molecular weight excluding hydrogens is 271 g/mol. The van der Waals surface area contributed by atoms with Gasteiger partial charge in [0.2, 0.25) is 0 Å². The van der Waals surface area contributed by atoms with Gasteiger partial charge in [0.05, 0.1) is 0 Å². The summed E-state index contributed by atoms with van der Waals surface area (Å²) in [6.07, 6.45) is 5.10. The van der Waals surface area contributed by atoms with Crippen LogP contribution in [0, 0.1) is 11.7 Å². The number of halogens is 1. The van der Waals surface area contributed by atoms with Crippen molar-refractivity contribution in [3.8, 4) is 0 Å². The number of nitrogens with zero attached hydrogens (tertiary/aromatic N) is 1. The third-order valence-electron chi connectivity index (χ3n) is 4.38. The largest absolute Gasteiger partial charge is 0.389 e. The fraction of sp³-hybridized carbons (Fsp3) is 0.562. The monoisotopic (exact) mass is 294 g/mol. The molecule has 0 heterocycles. The van der Waals surface area contributed by atoms with Crippen LogP contribution in [0.25, 0.3) is 0 Å². The van der Waals surface area contributed by atoms with Crippen molar-refractivity contribution in [2.75, 3.05) is 7.05 Å². The highest BCUT2D eigenvalue weighted by atomic mass is 32.1. The average molecular weight is 294 g/mol. The third-order valence-corrected chi connectivity index (χ3v) is 4.60. The van der Waals surface area contributed by atoms with Crippen LogP contribution in [0.15, 0.2) is 18.2 Å². The van der Waals surface area contributed by atoms with E-state index in [4.69, 9.17) is 18.0 Å². The first-order chi connectivity index (χ1) is 9.49. The van der Waals surface area contributed by atoms with Gasteiger partial charge in [-0.3, -0.25) is 4.90 Å². The smallest absolute Gasteiger partial charge is 0.123 e. The fourth-order valence-electron chi connectivity index (χ4n) is 3.27. The van der Waals surface area contributed by atoms with Crippen molar-refractivity contribution in [2.24, 2.45) is 11.7 Å². The Balaban J connectivity index is 2.16. The van der Waals surface area contributed by atoms with Crippen molar-refractivity contribution < 1.29 is 4.39 Å². The van der Waals surface area contributed by atoms with E-state index in [9.17, 15) is 4.39 Å². The zero-order valence-corrected chi connectivity index (χ0v) is 13.0. The van der Waals surface area contributed by atoms with Gasteiger partial charge < -0.3 is 5.73 Å². The first-order valence-electron chi connectivity index (χ1n) is 7.27. The molecule has 1 aliphatic carbocycles. The van der Waals surface area contributed by atoms with Crippen LogP contribution in [0.1, 0.15) is 43.7 Å². The van der Waals surface area contributed by atoms with Gasteiger partial charge in [-0.2, -0.15) is 0 Å². The molecule has 0 saturated heterocycles. The number of rotatable bonds is 4. The maximum Gasteiger partial charge on any atom is 0.123 e. The third kappa shape index (κ3) is 3.55. The molecule has 1 aliphatic rings. The Kier molecular flexibility index (Phi) is 5.11. The average Bonchev–Trinajstić information content (AvgIpc) is 2.38. The van der Waals surface area contributed by atoms with Gasteiger partial charge in [0.25, 0.3) is 0 Å². The zero-order valence-electron chi connectivity index (χ0n) is 12.2. The molecule has 0 amide bonds. The van der Waals surface area contributed by atoms with Gasteiger partial charge in [-0.15, -0.1) is 0 Å². The maximum atomic E-state index is 13.5. The second-order valence-electron chi connectivity index (χ2n) is 5.91. The van der Waals surface area contributed by atoms with E-state index in [0.29, 0.717) is 23.5 Å². The van der Waals surface area contributed by atoms with Crippen molar-refractivity contribution in [2.45, 2.75) is 45.2 Å². The van der Waals surface area contributed by atoms with Crippen molar-refractivity contribution in [3.05, 3.63) is 35.1 Å². The Morgan fingerprint density at radius 1 is 1.40 bits per heavy atom. The highest BCUT2D eigenvalue weighted by molar-refractivity contribution is 7.80. The molecule has 2 nitrogen and oxygen atoms in total. The van der Waals surface area contributed by atoms with E-state index < -0.39 is 0 Å². The molecule has 110 valence electrons. The molecule has 0 aliphatic heterocycles.